The van der Waals surface area contributed by atoms with E-state index in [9.17, 15) is 9.59 Å². The molecular formula is C12H17NO5. The second kappa shape index (κ2) is 4.97. The molecule has 2 aliphatic rings. The largest absolute Gasteiger partial charge is 0.461 e. The fraction of sp³-hybridized carbons (Fsp3) is 0.667. The van der Waals surface area contributed by atoms with Crippen LogP contribution in [0.15, 0.2) is 11.8 Å². The molecular weight excluding hydrogens is 238 g/mol. The summed E-state index contributed by atoms with van der Waals surface area (Å²) >= 11 is 0. The monoisotopic (exact) mass is 255 g/mol. The fourth-order valence-corrected chi connectivity index (χ4v) is 2.29. The molecule has 0 radical (unpaired) electrons. The van der Waals surface area contributed by atoms with Crippen molar-refractivity contribution in [3.05, 3.63) is 11.8 Å². The molecule has 1 unspecified atom stereocenters. The summed E-state index contributed by atoms with van der Waals surface area (Å²) in [6.45, 7) is 3.46. The third-order valence-electron chi connectivity index (χ3n) is 3.11. The highest BCUT2D eigenvalue weighted by Crippen LogP contribution is 2.34. The molecule has 2 rings (SSSR count). The first kappa shape index (κ1) is 12.9. The Balaban J connectivity index is 2.30. The van der Waals surface area contributed by atoms with E-state index in [1.165, 1.54) is 13.2 Å². The predicted molar refractivity (Wildman–Crippen MR) is 61.4 cm³/mol. The summed E-state index contributed by atoms with van der Waals surface area (Å²) in [7, 11) is 1.33. The van der Waals surface area contributed by atoms with Crippen LogP contribution in [0.5, 0.6) is 0 Å². The van der Waals surface area contributed by atoms with Gasteiger partial charge in [-0.2, -0.15) is 0 Å². The van der Waals surface area contributed by atoms with Crippen LogP contribution in [0.3, 0.4) is 0 Å². The highest BCUT2D eigenvalue weighted by molar-refractivity contribution is 5.95. The van der Waals surface area contributed by atoms with Gasteiger partial charge in [-0.05, 0) is 19.8 Å². The van der Waals surface area contributed by atoms with Crippen LogP contribution in [0, 0.1) is 0 Å². The molecule has 100 valence electrons. The van der Waals surface area contributed by atoms with E-state index < -0.39 is 17.7 Å². The Morgan fingerprint density at radius 3 is 2.72 bits per heavy atom. The van der Waals surface area contributed by atoms with E-state index in [1.807, 2.05) is 4.90 Å². The van der Waals surface area contributed by atoms with Crippen LogP contribution in [0.2, 0.25) is 0 Å². The van der Waals surface area contributed by atoms with Crippen molar-refractivity contribution in [3.63, 3.8) is 0 Å². The van der Waals surface area contributed by atoms with Crippen molar-refractivity contribution in [2.45, 2.75) is 25.6 Å². The lowest BCUT2D eigenvalue weighted by Crippen LogP contribution is -2.48. The van der Waals surface area contributed by atoms with Gasteiger partial charge in [0.1, 0.15) is 5.70 Å². The molecule has 0 aromatic rings. The number of hydrogen-bond donors (Lipinski definition) is 0. The van der Waals surface area contributed by atoms with E-state index >= 15 is 0 Å². The summed E-state index contributed by atoms with van der Waals surface area (Å²) in [6.07, 6.45) is 3.36. The average molecular weight is 255 g/mol. The highest BCUT2D eigenvalue weighted by atomic mass is 16.7. The topological polar surface area (TPSA) is 65.1 Å². The van der Waals surface area contributed by atoms with Gasteiger partial charge in [-0.25, -0.2) is 9.59 Å². The van der Waals surface area contributed by atoms with Crippen LogP contribution < -0.4 is 0 Å². The lowest BCUT2D eigenvalue weighted by atomic mass is 10.2. The molecule has 18 heavy (non-hydrogen) atoms. The van der Waals surface area contributed by atoms with Crippen LogP contribution in [0.1, 0.15) is 19.8 Å². The summed E-state index contributed by atoms with van der Waals surface area (Å²) < 4.78 is 15.2. The molecule has 6 nitrogen and oxygen atoms in total. The Bertz CT molecular complexity index is 386. The lowest BCUT2D eigenvalue weighted by Gasteiger charge is -2.31. The number of methoxy groups -OCH3 is 1. The van der Waals surface area contributed by atoms with Gasteiger partial charge in [-0.15, -0.1) is 0 Å². The summed E-state index contributed by atoms with van der Waals surface area (Å²) in [5, 5.41) is 0. The van der Waals surface area contributed by atoms with Gasteiger partial charge in [0.15, 0.2) is 0 Å². The number of carbonyl (C=O) groups excluding carboxylic acids is 2. The minimum Gasteiger partial charge on any atom is -0.461 e. The molecule has 0 aromatic carbocycles. The number of cyclic esters (lactones) is 1. The maximum atomic E-state index is 12.0. The molecule has 0 aliphatic carbocycles. The Labute approximate surface area is 105 Å². The fourth-order valence-electron chi connectivity index (χ4n) is 2.29. The highest BCUT2D eigenvalue weighted by Gasteiger charge is 2.54. The van der Waals surface area contributed by atoms with E-state index in [2.05, 4.69) is 0 Å². The molecule has 0 bridgehead atoms. The van der Waals surface area contributed by atoms with Gasteiger partial charge in [0.2, 0.25) is 0 Å². The number of hydrogen-bond acceptors (Lipinski definition) is 6. The number of likely N-dealkylation sites (tertiary alicyclic amines) is 1. The number of esters is 2. The number of nitrogens with zero attached hydrogens (tertiary/aromatic N) is 1. The summed E-state index contributed by atoms with van der Waals surface area (Å²) in [6, 6.07) is 0. The maximum absolute atomic E-state index is 12.0. The molecule has 0 spiro atoms. The zero-order valence-electron chi connectivity index (χ0n) is 10.6. The average Bonchev–Trinajstić information content (AvgIpc) is 2.96. The van der Waals surface area contributed by atoms with Crippen molar-refractivity contribution in [2.24, 2.45) is 0 Å². The summed E-state index contributed by atoms with van der Waals surface area (Å²) in [4.78, 5) is 25.4. The van der Waals surface area contributed by atoms with Crippen LogP contribution in [-0.4, -0.2) is 49.4 Å². The van der Waals surface area contributed by atoms with E-state index in [0.29, 0.717) is 5.70 Å². The van der Waals surface area contributed by atoms with Gasteiger partial charge in [0.05, 0.1) is 6.61 Å². The minimum absolute atomic E-state index is 0.203. The minimum atomic E-state index is -1.72. The first-order chi connectivity index (χ1) is 8.64. The number of ether oxygens (including phenoxy) is 3. The molecule has 0 aromatic heterocycles. The first-order valence-electron chi connectivity index (χ1n) is 6.06. The zero-order chi connectivity index (χ0) is 13.2. The van der Waals surface area contributed by atoms with Crippen molar-refractivity contribution in [3.8, 4) is 0 Å². The SMILES string of the molecule is CCOC(=O)C1(OC)OC(=O)C=C1N1CCCC1. The summed E-state index contributed by atoms with van der Waals surface area (Å²) in [5.74, 6) is -2.99. The standard InChI is InChI=1S/C12H17NO5/c1-3-17-11(15)12(16-2)9(8-10(14)18-12)13-6-4-5-7-13/h8H,3-7H2,1-2H3. The van der Waals surface area contributed by atoms with E-state index in [1.54, 1.807) is 6.92 Å². The smallest absolute Gasteiger partial charge is 0.386 e. The Kier molecular flexibility index (Phi) is 3.56. The van der Waals surface area contributed by atoms with Gasteiger partial charge >= 0.3 is 17.7 Å². The van der Waals surface area contributed by atoms with E-state index in [-0.39, 0.29) is 6.61 Å². The molecule has 0 amide bonds. The van der Waals surface area contributed by atoms with Gasteiger partial charge in [-0.1, -0.05) is 0 Å². The lowest BCUT2D eigenvalue weighted by molar-refractivity contribution is -0.219. The van der Waals surface area contributed by atoms with Crippen molar-refractivity contribution in [2.75, 3.05) is 26.8 Å². The van der Waals surface area contributed by atoms with Crippen molar-refractivity contribution in [1.29, 1.82) is 0 Å². The van der Waals surface area contributed by atoms with Crippen LogP contribution >= 0.6 is 0 Å². The third-order valence-corrected chi connectivity index (χ3v) is 3.11. The molecule has 2 aliphatic heterocycles. The molecule has 1 atom stereocenters. The van der Waals surface area contributed by atoms with Gasteiger partial charge in [0.25, 0.3) is 0 Å². The van der Waals surface area contributed by atoms with Gasteiger partial charge < -0.3 is 19.1 Å². The molecule has 6 heteroatoms. The third kappa shape index (κ3) is 1.96. The predicted octanol–water partition coefficient (Wildman–Crippen LogP) is 0.429. The maximum Gasteiger partial charge on any atom is 0.386 e. The molecule has 1 fully saturated rings. The Hall–Kier alpha value is -1.56. The Morgan fingerprint density at radius 1 is 1.50 bits per heavy atom. The molecule has 0 N–H and O–H groups in total. The van der Waals surface area contributed by atoms with Gasteiger partial charge in [-0.3, -0.25) is 0 Å². The van der Waals surface area contributed by atoms with Crippen molar-refractivity contribution >= 4 is 11.9 Å². The second-order valence-corrected chi connectivity index (χ2v) is 4.19. The first-order valence-corrected chi connectivity index (χ1v) is 6.06. The number of carbonyl (C=O) groups is 2. The van der Waals surface area contributed by atoms with Gasteiger partial charge in [0, 0.05) is 26.3 Å². The Morgan fingerprint density at radius 2 is 2.17 bits per heavy atom. The second-order valence-electron chi connectivity index (χ2n) is 4.19. The molecule has 0 saturated carbocycles. The summed E-state index contributed by atoms with van der Waals surface area (Å²) in [5.41, 5.74) is 0.450. The molecule has 1 saturated heterocycles. The van der Waals surface area contributed by atoms with E-state index in [0.717, 1.165) is 25.9 Å². The normalized spacial score (nSPS) is 27.1. The number of rotatable bonds is 4. The van der Waals surface area contributed by atoms with E-state index in [4.69, 9.17) is 14.2 Å². The molecule has 2 heterocycles. The van der Waals surface area contributed by atoms with Crippen LogP contribution in [-0.2, 0) is 23.8 Å². The van der Waals surface area contributed by atoms with Crippen LogP contribution in [0.4, 0.5) is 0 Å². The van der Waals surface area contributed by atoms with Crippen molar-refractivity contribution < 1.29 is 23.8 Å². The zero-order valence-corrected chi connectivity index (χ0v) is 10.6. The van der Waals surface area contributed by atoms with Crippen LogP contribution in [0.25, 0.3) is 0 Å². The quantitative estimate of drug-likeness (QED) is 0.679. The van der Waals surface area contributed by atoms with Crippen molar-refractivity contribution in [1.82, 2.24) is 4.90 Å².